The van der Waals surface area contributed by atoms with Crippen molar-refractivity contribution in [2.45, 2.75) is 6.42 Å². The first-order valence-electron chi connectivity index (χ1n) is 2.34. The fourth-order valence-corrected chi connectivity index (χ4v) is 1.09. The van der Waals surface area contributed by atoms with Gasteiger partial charge in [0.2, 0.25) is 0 Å². The molecule has 8 heavy (non-hydrogen) atoms. The summed E-state index contributed by atoms with van der Waals surface area (Å²) in [5, 5.41) is 0. The average molecular weight is 237 g/mol. The molecule has 0 nitrogen and oxygen atoms in total. The van der Waals surface area contributed by atoms with Gasteiger partial charge in [0, 0.05) is 4.48 Å². The van der Waals surface area contributed by atoms with Gasteiger partial charge in [-0.2, -0.15) is 0 Å². The topological polar surface area (TPSA) is 0 Å². The molecule has 1 rings (SSSR count). The van der Waals surface area contributed by atoms with Gasteiger partial charge < -0.3 is 0 Å². The minimum Gasteiger partial charge on any atom is -0.0785 e. The number of hydrogen-bond donors (Lipinski definition) is 0. The lowest BCUT2D eigenvalue weighted by Crippen LogP contribution is -1.83. The predicted octanol–water partition coefficient (Wildman–Crippen LogP) is 3.15. The molecule has 0 saturated heterocycles. The maximum atomic E-state index is 3.38. The highest BCUT2D eigenvalue weighted by molar-refractivity contribution is 9.12. The van der Waals surface area contributed by atoms with Crippen LogP contribution in [0.1, 0.15) is 6.42 Å². The lowest BCUT2D eigenvalue weighted by atomic mass is 10.2. The Morgan fingerprint density at radius 2 is 2.00 bits per heavy atom. The number of allylic oxidation sites excluding steroid dienone is 4. The summed E-state index contributed by atoms with van der Waals surface area (Å²) >= 11 is 6.74. The summed E-state index contributed by atoms with van der Waals surface area (Å²) < 4.78 is 1.17. The van der Waals surface area contributed by atoms with E-state index in [2.05, 4.69) is 37.9 Å². The predicted molar refractivity (Wildman–Crippen MR) is 42.9 cm³/mol. The summed E-state index contributed by atoms with van der Waals surface area (Å²) in [6, 6.07) is 0. The van der Waals surface area contributed by atoms with E-state index >= 15 is 0 Å². The van der Waals surface area contributed by atoms with Gasteiger partial charge in [-0.25, -0.2) is 0 Å². The second-order valence-electron chi connectivity index (χ2n) is 1.57. The van der Waals surface area contributed by atoms with Crippen LogP contribution in [0.5, 0.6) is 0 Å². The zero-order valence-corrected chi connectivity index (χ0v) is 7.37. The standard InChI is InChI=1S/C6H5Br2/c7-5-1-2-6(8)4-3-5/h1-3H,4H2. The SMILES string of the molecule is Br[C]1C=CC(Br)=CC1. The Kier molecular flexibility index (Phi) is 2.32. The van der Waals surface area contributed by atoms with E-state index in [0.717, 1.165) is 6.42 Å². The summed E-state index contributed by atoms with van der Waals surface area (Å²) in [6.07, 6.45) is 7.19. The van der Waals surface area contributed by atoms with Crippen molar-refractivity contribution in [2.75, 3.05) is 0 Å². The van der Waals surface area contributed by atoms with Gasteiger partial charge in [-0.05, 0) is 6.42 Å². The molecule has 0 aromatic heterocycles. The molecule has 1 radical (unpaired) electrons. The van der Waals surface area contributed by atoms with E-state index in [1.807, 2.05) is 12.2 Å². The molecule has 2 heteroatoms. The molecule has 0 amide bonds. The van der Waals surface area contributed by atoms with Crippen LogP contribution >= 0.6 is 31.9 Å². The molecule has 43 valence electrons. The number of halogens is 2. The van der Waals surface area contributed by atoms with Gasteiger partial charge >= 0.3 is 0 Å². The maximum Gasteiger partial charge on any atom is 0.0666 e. The van der Waals surface area contributed by atoms with Crippen LogP contribution in [0, 0.1) is 4.83 Å². The van der Waals surface area contributed by atoms with Crippen LogP contribution in [0.25, 0.3) is 0 Å². The molecule has 0 unspecified atom stereocenters. The summed E-state index contributed by atoms with van der Waals surface area (Å²) in [7, 11) is 0. The normalized spacial score (nSPS) is 21.0. The summed E-state index contributed by atoms with van der Waals surface area (Å²) in [5.41, 5.74) is 0. The Bertz CT molecular complexity index is 135. The lowest BCUT2D eigenvalue weighted by molar-refractivity contribution is 1.23. The first-order chi connectivity index (χ1) is 3.79. The minimum atomic E-state index is 1.01. The second kappa shape index (κ2) is 2.83. The molecule has 0 N–H and O–H groups in total. The Balaban J connectivity index is 2.58. The first-order valence-corrected chi connectivity index (χ1v) is 3.93. The molecule has 0 saturated carbocycles. The van der Waals surface area contributed by atoms with Gasteiger partial charge in [-0.1, -0.05) is 50.1 Å². The summed E-state index contributed by atoms with van der Waals surface area (Å²) in [5.74, 6) is 0. The molecule has 1 aliphatic rings. The van der Waals surface area contributed by atoms with Crippen LogP contribution in [0.3, 0.4) is 0 Å². The van der Waals surface area contributed by atoms with E-state index in [1.165, 1.54) is 9.31 Å². The Hall–Kier alpha value is 0.440. The Morgan fingerprint density at radius 3 is 2.38 bits per heavy atom. The third-order valence-corrected chi connectivity index (χ3v) is 2.09. The van der Waals surface area contributed by atoms with E-state index in [9.17, 15) is 0 Å². The molecular formula is C6H5Br2. The van der Waals surface area contributed by atoms with Gasteiger partial charge in [0.05, 0.1) is 4.83 Å². The van der Waals surface area contributed by atoms with E-state index in [-0.39, 0.29) is 0 Å². The third kappa shape index (κ3) is 1.75. The van der Waals surface area contributed by atoms with E-state index in [0.29, 0.717) is 0 Å². The molecule has 0 aromatic rings. The average Bonchev–Trinajstić information content (AvgIpc) is 1.77. The first kappa shape index (κ1) is 6.56. The van der Waals surface area contributed by atoms with E-state index in [4.69, 9.17) is 0 Å². The molecular weight excluding hydrogens is 232 g/mol. The molecule has 0 spiro atoms. The molecule has 0 atom stereocenters. The van der Waals surface area contributed by atoms with Crippen LogP contribution < -0.4 is 0 Å². The van der Waals surface area contributed by atoms with Crippen molar-refractivity contribution in [1.29, 1.82) is 0 Å². The van der Waals surface area contributed by atoms with Crippen LogP contribution in [0.4, 0.5) is 0 Å². The smallest absolute Gasteiger partial charge is 0.0666 e. The fourth-order valence-electron chi connectivity index (χ4n) is 0.501. The summed E-state index contributed by atoms with van der Waals surface area (Å²) in [6.45, 7) is 0. The van der Waals surface area contributed by atoms with Crippen molar-refractivity contribution >= 4 is 31.9 Å². The largest absolute Gasteiger partial charge is 0.0785 e. The Morgan fingerprint density at radius 1 is 1.25 bits per heavy atom. The van der Waals surface area contributed by atoms with E-state index < -0.39 is 0 Å². The van der Waals surface area contributed by atoms with Crippen LogP contribution in [-0.2, 0) is 0 Å². The van der Waals surface area contributed by atoms with E-state index in [1.54, 1.807) is 0 Å². The molecule has 0 bridgehead atoms. The Labute approximate surface area is 65.9 Å². The van der Waals surface area contributed by atoms with Crippen molar-refractivity contribution in [3.8, 4) is 0 Å². The second-order valence-corrected chi connectivity index (χ2v) is 3.51. The van der Waals surface area contributed by atoms with Gasteiger partial charge in [0.15, 0.2) is 0 Å². The molecule has 0 aromatic carbocycles. The quantitative estimate of drug-likeness (QED) is 0.606. The highest BCUT2D eigenvalue weighted by Crippen LogP contribution is 2.25. The zero-order chi connectivity index (χ0) is 5.98. The fraction of sp³-hybridized carbons (Fsp3) is 0.167. The van der Waals surface area contributed by atoms with Gasteiger partial charge in [-0.3, -0.25) is 0 Å². The van der Waals surface area contributed by atoms with Crippen molar-refractivity contribution in [2.24, 2.45) is 0 Å². The van der Waals surface area contributed by atoms with Crippen molar-refractivity contribution in [3.63, 3.8) is 0 Å². The highest BCUT2D eigenvalue weighted by Gasteiger charge is 2.01. The maximum absolute atomic E-state index is 3.38. The van der Waals surface area contributed by atoms with Crippen LogP contribution in [-0.4, -0.2) is 0 Å². The number of rotatable bonds is 0. The van der Waals surface area contributed by atoms with Gasteiger partial charge in [-0.15, -0.1) is 0 Å². The molecule has 0 aliphatic heterocycles. The van der Waals surface area contributed by atoms with Crippen LogP contribution in [0.15, 0.2) is 22.7 Å². The highest BCUT2D eigenvalue weighted by atomic mass is 79.9. The zero-order valence-electron chi connectivity index (χ0n) is 4.20. The van der Waals surface area contributed by atoms with Crippen LogP contribution in [0.2, 0.25) is 0 Å². The monoisotopic (exact) mass is 235 g/mol. The molecule has 1 aliphatic carbocycles. The van der Waals surface area contributed by atoms with Gasteiger partial charge in [0.1, 0.15) is 0 Å². The van der Waals surface area contributed by atoms with Crippen molar-refractivity contribution in [3.05, 3.63) is 27.5 Å². The van der Waals surface area contributed by atoms with Crippen molar-refractivity contribution in [1.82, 2.24) is 0 Å². The number of hydrogen-bond acceptors (Lipinski definition) is 0. The van der Waals surface area contributed by atoms with Gasteiger partial charge in [0.25, 0.3) is 0 Å². The molecule has 0 heterocycles. The third-order valence-electron chi connectivity index (χ3n) is 0.915. The lowest BCUT2D eigenvalue weighted by Gasteiger charge is -2.03. The minimum absolute atomic E-state index is 1.01. The molecule has 0 fully saturated rings. The van der Waals surface area contributed by atoms with Crippen molar-refractivity contribution < 1.29 is 0 Å². The summed E-state index contributed by atoms with van der Waals surface area (Å²) in [4.78, 5) is 1.24.